The van der Waals surface area contributed by atoms with Crippen LogP contribution in [0.5, 0.6) is 5.75 Å². The molecule has 1 atom stereocenters. The number of carbonyl (C=O) groups is 3. The zero-order chi connectivity index (χ0) is 18.2. The minimum Gasteiger partial charge on any atom is -0.484 e. The van der Waals surface area contributed by atoms with Crippen molar-refractivity contribution >= 4 is 17.8 Å². The van der Waals surface area contributed by atoms with E-state index in [0.717, 1.165) is 0 Å². The van der Waals surface area contributed by atoms with Crippen molar-refractivity contribution < 1.29 is 24.2 Å². The number of amides is 2. The molecule has 0 aliphatic rings. The summed E-state index contributed by atoms with van der Waals surface area (Å²) in [5, 5.41) is 14.1. The van der Waals surface area contributed by atoms with Gasteiger partial charge in [-0.2, -0.15) is 0 Å². The maximum absolute atomic E-state index is 12.0. The molecule has 7 nitrogen and oxygen atoms in total. The molecular weight excluding hydrogens is 312 g/mol. The average Bonchev–Trinajstić information content (AvgIpc) is 2.51. The Morgan fingerprint density at radius 1 is 1.17 bits per heavy atom. The van der Waals surface area contributed by atoms with Crippen LogP contribution in [0.2, 0.25) is 0 Å². The molecule has 24 heavy (non-hydrogen) atoms. The molecule has 0 aromatic heterocycles. The van der Waals surface area contributed by atoms with Crippen LogP contribution < -0.4 is 15.4 Å². The van der Waals surface area contributed by atoms with Crippen LogP contribution in [0.1, 0.15) is 27.2 Å². The van der Waals surface area contributed by atoms with Gasteiger partial charge in [0.05, 0.1) is 18.5 Å². The van der Waals surface area contributed by atoms with Crippen LogP contribution in [0.15, 0.2) is 30.3 Å². The summed E-state index contributed by atoms with van der Waals surface area (Å²) in [6, 6.07) is 8.85. The molecule has 0 aliphatic heterocycles. The number of para-hydroxylation sites is 1. The van der Waals surface area contributed by atoms with Gasteiger partial charge < -0.3 is 20.5 Å². The van der Waals surface area contributed by atoms with Crippen molar-refractivity contribution in [2.75, 3.05) is 13.2 Å². The van der Waals surface area contributed by atoms with Gasteiger partial charge in [-0.05, 0) is 25.0 Å². The minimum atomic E-state index is -0.994. The van der Waals surface area contributed by atoms with Gasteiger partial charge in [0.1, 0.15) is 5.75 Å². The number of carbonyl (C=O) groups excluding carboxylic acids is 2. The van der Waals surface area contributed by atoms with Crippen molar-refractivity contribution in [3.05, 3.63) is 30.3 Å². The number of ether oxygens (including phenoxy) is 1. The summed E-state index contributed by atoms with van der Waals surface area (Å²) in [4.78, 5) is 34.6. The van der Waals surface area contributed by atoms with Crippen LogP contribution in [-0.2, 0) is 14.4 Å². The van der Waals surface area contributed by atoms with Gasteiger partial charge in [0, 0.05) is 0 Å². The highest BCUT2D eigenvalue weighted by molar-refractivity contribution is 5.86. The Labute approximate surface area is 141 Å². The largest absolute Gasteiger partial charge is 0.484 e. The first-order chi connectivity index (χ1) is 11.2. The molecule has 0 radical (unpaired) electrons. The molecule has 7 heteroatoms. The first-order valence-electron chi connectivity index (χ1n) is 7.70. The highest BCUT2D eigenvalue weighted by Crippen LogP contribution is 2.20. The Kier molecular flexibility index (Phi) is 7.23. The fraction of sp³-hybridized carbons (Fsp3) is 0.471. The summed E-state index contributed by atoms with van der Waals surface area (Å²) in [5.41, 5.74) is -0.881. The first kappa shape index (κ1) is 19.5. The lowest BCUT2D eigenvalue weighted by Crippen LogP contribution is -2.54. The van der Waals surface area contributed by atoms with Gasteiger partial charge in [0.25, 0.3) is 5.91 Å². The van der Waals surface area contributed by atoms with Crippen molar-refractivity contribution in [1.82, 2.24) is 10.6 Å². The summed E-state index contributed by atoms with van der Waals surface area (Å²) in [5.74, 6) is -1.38. The second kappa shape index (κ2) is 8.90. The van der Waals surface area contributed by atoms with Gasteiger partial charge in [-0.3, -0.25) is 14.4 Å². The first-order valence-corrected chi connectivity index (χ1v) is 7.70. The van der Waals surface area contributed by atoms with E-state index >= 15 is 0 Å². The summed E-state index contributed by atoms with van der Waals surface area (Å²) < 4.78 is 5.27. The number of hydrogen-bond donors (Lipinski definition) is 3. The van der Waals surface area contributed by atoms with E-state index in [2.05, 4.69) is 10.6 Å². The average molecular weight is 336 g/mol. The third kappa shape index (κ3) is 6.68. The molecular formula is C17H24N2O5. The lowest BCUT2D eigenvalue weighted by molar-refractivity contribution is -0.139. The van der Waals surface area contributed by atoms with Gasteiger partial charge >= 0.3 is 5.97 Å². The molecule has 1 rings (SSSR count). The molecule has 0 bridgehead atoms. The Balaban J connectivity index is 2.41. The van der Waals surface area contributed by atoms with E-state index in [1.54, 1.807) is 31.2 Å². The number of benzene rings is 1. The van der Waals surface area contributed by atoms with Gasteiger partial charge in [-0.25, -0.2) is 0 Å². The van der Waals surface area contributed by atoms with E-state index in [0.29, 0.717) is 5.75 Å². The fourth-order valence-corrected chi connectivity index (χ4v) is 1.96. The van der Waals surface area contributed by atoms with Crippen LogP contribution in [0, 0.1) is 5.92 Å². The quantitative estimate of drug-likeness (QED) is 0.628. The van der Waals surface area contributed by atoms with Crippen molar-refractivity contribution in [3.63, 3.8) is 0 Å². The lowest BCUT2D eigenvalue weighted by Gasteiger charge is -2.33. The molecule has 0 saturated carbocycles. The summed E-state index contributed by atoms with van der Waals surface area (Å²) in [6.07, 6.45) is -0.193. The van der Waals surface area contributed by atoms with E-state index in [1.807, 2.05) is 19.9 Å². The number of aliphatic carboxylic acids is 1. The van der Waals surface area contributed by atoms with E-state index in [1.165, 1.54) is 0 Å². The van der Waals surface area contributed by atoms with E-state index in [9.17, 15) is 14.4 Å². The van der Waals surface area contributed by atoms with E-state index < -0.39 is 23.3 Å². The van der Waals surface area contributed by atoms with E-state index in [4.69, 9.17) is 9.84 Å². The van der Waals surface area contributed by atoms with Crippen LogP contribution in [0.4, 0.5) is 0 Å². The molecule has 0 saturated heterocycles. The lowest BCUT2D eigenvalue weighted by atomic mass is 9.85. The number of hydrogen-bond acceptors (Lipinski definition) is 4. The SMILES string of the molecule is CC(C)C(C)(CC(=O)O)NC(=O)CNC(=O)COc1ccccc1. The monoisotopic (exact) mass is 336 g/mol. The summed E-state index contributed by atoms with van der Waals surface area (Å²) >= 11 is 0. The zero-order valence-corrected chi connectivity index (χ0v) is 14.2. The normalized spacial score (nSPS) is 13.0. The number of nitrogens with one attached hydrogen (secondary N) is 2. The molecule has 0 aliphatic carbocycles. The Bertz CT molecular complexity index is 574. The Morgan fingerprint density at radius 3 is 2.33 bits per heavy atom. The summed E-state index contributed by atoms with van der Waals surface area (Å²) in [6.45, 7) is 4.89. The van der Waals surface area contributed by atoms with Crippen molar-refractivity contribution in [1.29, 1.82) is 0 Å². The van der Waals surface area contributed by atoms with Crippen LogP contribution in [0.3, 0.4) is 0 Å². The second-order valence-corrected chi connectivity index (χ2v) is 6.07. The highest BCUT2D eigenvalue weighted by atomic mass is 16.5. The van der Waals surface area contributed by atoms with Gasteiger partial charge in [0.2, 0.25) is 5.91 Å². The fourth-order valence-electron chi connectivity index (χ4n) is 1.96. The molecule has 1 aromatic carbocycles. The molecule has 0 spiro atoms. The van der Waals surface area contributed by atoms with Crippen LogP contribution >= 0.6 is 0 Å². The maximum Gasteiger partial charge on any atom is 0.305 e. The molecule has 132 valence electrons. The molecule has 0 heterocycles. The zero-order valence-electron chi connectivity index (χ0n) is 14.2. The molecule has 0 fully saturated rings. The Morgan fingerprint density at radius 2 is 1.79 bits per heavy atom. The smallest absolute Gasteiger partial charge is 0.305 e. The third-order valence-electron chi connectivity index (χ3n) is 3.78. The van der Waals surface area contributed by atoms with Crippen molar-refractivity contribution in [2.24, 2.45) is 5.92 Å². The van der Waals surface area contributed by atoms with Crippen molar-refractivity contribution in [3.8, 4) is 5.75 Å². The predicted octanol–water partition coefficient (Wildman–Crippen LogP) is 1.19. The number of rotatable bonds is 9. The minimum absolute atomic E-state index is 0.0744. The van der Waals surface area contributed by atoms with Gasteiger partial charge in [0.15, 0.2) is 6.61 Å². The standard InChI is InChI=1S/C17H24N2O5/c1-12(2)17(3,9-16(22)23)19-14(20)10-18-15(21)11-24-13-7-5-4-6-8-13/h4-8,12H,9-11H2,1-3H3,(H,18,21)(H,19,20)(H,22,23). The summed E-state index contributed by atoms with van der Waals surface area (Å²) in [7, 11) is 0. The van der Waals surface area contributed by atoms with Gasteiger partial charge in [-0.15, -0.1) is 0 Å². The topological polar surface area (TPSA) is 105 Å². The van der Waals surface area contributed by atoms with E-state index in [-0.39, 0.29) is 25.5 Å². The predicted molar refractivity (Wildman–Crippen MR) is 88.6 cm³/mol. The van der Waals surface area contributed by atoms with Crippen LogP contribution in [-0.4, -0.2) is 41.6 Å². The highest BCUT2D eigenvalue weighted by Gasteiger charge is 2.32. The Hall–Kier alpha value is -2.57. The van der Waals surface area contributed by atoms with Crippen molar-refractivity contribution in [2.45, 2.75) is 32.7 Å². The molecule has 2 amide bonds. The third-order valence-corrected chi connectivity index (χ3v) is 3.78. The van der Waals surface area contributed by atoms with Crippen LogP contribution in [0.25, 0.3) is 0 Å². The maximum atomic E-state index is 12.0. The number of carboxylic acids is 1. The number of carboxylic acid groups (broad SMARTS) is 1. The molecule has 1 aromatic rings. The molecule has 1 unspecified atom stereocenters. The molecule has 3 N–H and O–H groups in total. The second-order valence-electron chi connectivity index (χ2n) is 6.07. The van der Waals surface area contributed by atoms with Gasteiger partial charge in [-0.1, -0.05) is 32.0 Å².